The van der Waals surface area contributed by atoms with Gasteiger partial charge in [-0.1, -0.05) is 13.8 Å². The van der Waals surface area contributed by atoms with Crippen molar-refractivity contribution >= 4 is 5.91 Å². The third-order valence-electron chi connectivity index (χ3n) is 3.83. The fourth-order valence-electron chi connectivity index (χ4n) is 2.26. The monoisotopic (exact) mass is 265 g/mol. The summed E-state index contributed by atoms with van der Waals surface area (Å²) in [5.74, 6) is 3.23. The first-order valence-corrected chi connectivity index (χ1v) is 7.12. The smallest absolute Gasteiger partial charge is 0.220 e. The summed E-state index contributed by atoms with van der Waals surface area (Å²) in [5, 5.41) is 11.8. The molecule has 4 nitrogen and oxygen atoms in total. The molecule has 1 aliphatic rings. The Bertz CT molecular complexity index is 423. The van der Waals surface area contributed by atoms with Crippen molar-refractivity contribution in [2.45, 2.75) is 51.5 Å². The second kappa shape index (κ2) is 6.24. The number of hydrogen-bond acceptors (Lipinski definition) is 3. The van der Waals surface area contributed by atoms with Crippen LogP contribution in [0.5, 0.6) is 0 Å². The van der Waals surface area contributed by atoms with Gasteiger partial charge in [0, 0.05) is 18.8 Å². The van der Waals surface area contributed by atoms with Crippen molar-refractivity contribution < 1.29 is 14.3 Å². The minimum absolute atomic E-state index is 0.00723. The third-order valence-corrected chi connectivity index (χ3v) is 3.83. The van der Waals surface area contributed by atoms with Crippen LogP contribution in [0.1, 0.15) is 50.5 Å². The Morgan fingerprint density at radius 1 is 1.58 bits per heavy atom. The van der Waals surface area contributed by atoms with Gasteiger partial charge in [0.25, 0.3) is 0 Å². The zero-order chi connectivity index (χ0) is 13.8. The number of nitrogens with one attached hydrogen (secondary N) is 1. The van der Waals surface area contributed by atoms with Crippen LogP contribution in [0, 0.1) is 5.92 Å². The standard InChI is InChI=1S/C15H23NO3/c1-3-11(9-17)16-15(18)7-5-12-4-6-14(19-12)13-8-10(13)2/h4,6,10-11,13,17H,3,5,7-9H2,1-2H3,(H,16,18). The number of aryl methyl sites for hydroxylation is 1. The molecule has 0 bridgehead atoms. The summed E-state index contributed by atoms with van der Waals surface area (Å²) in [5.41, 5.74) is 0. The van der Waals surface area contributed by atoms with Crippen molar-refractivity contribution in [1.82, 2.24) is 5.32 Å². The number of furan rings is 1. The lowest BCUT2D eigenvalue weighted by Gasteiger charge is -2.13. The van der Waals surface area contributed by atoms with Crippen LogP contribution in [0.2, 0.25) is 0 Å². The molecule has 106 valence electrons. The molecule has 1 aliphatic carbocycles. The average molecular weight is 265 g/mol. The highest BCUT2D eigenvalue weighted by Gasteiger charge is 2.36. The van der Waals surface area contributed by atoms with Crippen molar-refractivity contribution in [2.75, 3.05) is 6.61 Å². The largest absolute Gasteiger partial charge is 0.466 e. The van der Waals surface area contributed by atoms with Gasteiger partial charge in [-0.2, -0.15) is 0 Å². The molecule has 0 radical (unpaired) electrons. The summed E-state index contributed by atoms with van der Waals surface area (Å²) in [6, 6.07) is 3.87. The van der Waals surface area contributed by atoms with Crippen molar-refractivity contribution in [3.63, 3.8) is 0 Å². The molecular weight excluding hydrogens is 242 g/mol. The van der Waals surface area contributed by atoms with Crippen LogP contribution in [0.15, 0.2) is 16.5 Å². The van der Waals surface area contributed by atoms with Crippen molar-refractivity contribution in [2.24, 2.45) is 5.92 Å². The van der Waals surface area contributed by atoms with E-state index in [0.717, 1.165) is 23.9 Å². The van der Waals surface area contributed by atoms with Gasteiger partial charge < -0.3 is 14.8 Å². The zero-order valence-corrected chi connectivity index (χ0v) is 11.7. The van der Waals surface area contributed by atoms with E-state index < -0.39 is 0 Å². The Labute approximate surface area is 114 Å². The predicted molar refractivity (Wildman–Crippen MR) is 72.9 cm³/mol. The van der Waals surface area contributed by atoms with Gasteiger partial charge in [0.15, 0.2) is 0 Å². The quantitative estimate of drug-likeness (QED) is 0.794. The molecule has 0 spiro atoms. The first-order chi connectivity index (χ1) is 9.13. The van der Waals surface area contributed by atoms with Gasteiger partial charge in [-0.25, -0.2) is 0 Å². The molecule has 3 unspecified atom stereocenters. The van der Waals surface area contributed by atoms with E-state index in [4.69, 9.17) is 9.52 Å². The van der Waals surface area contributed by atoms with E-state index in [9.17, 15) is 4.79 Å². The Morgan fingerprint density at radius 2 is 2.32 bits per heavy atom. The topological polar surface area (TPSA) is 62.5 Å². The number of aliphatic hydroxyl groups is 1. The first-order valence-electron chi connectivity index (χ1n) is 7.12. The minimum atomic E-state index is -0.132. The van der Waals surface area contributed by atoms with E-state index in [1.807, 2.05) is 19.1 Å². The number of carbonyl (C=O) groups is 1. The van der Waals surface area contributed by atoms with Crippen LogP contribution < -0.4 is 5.32 Å². The van der Waals surface area contributed by atoms with Crippen LogP contribution >= 0.6 is 0 Å². The van der Waals surface area contributed by atoms with E-state index in [1.165, 1.54) is 6.42 Å². The maximum absolute atomic E-state index is 11.7. The summed E-state index contributed by atoms with van der Waals surface area (Å²) in [6.45, 7) is 4.16. The van der Waals surface area contributed by atoms with E-state index >= 15 is 0 Å². The lowest BCUT2D eigenvalue weighted by atomic mass is 10.2. The molecule has 0 aromatic carbocycles. The molecule has 19 heavy (non-hydrogen) atoms. The summed E-state index contributed by atoms with van der Waals surface area (Å²) in [7, 11) is 0. The van der Waals surface area contributed by atoms with Crippen molar-refractivity contribution in [1.29, 1.82) is 0 Å². The second-order valence-electron chi connectivity index (χ2n) is 5.48. The molecule has 1 fully saturated rings. The third kappa shape index (κ3) is 3.83. The van der Waals surface area contributed by atoms with Crippen LogP contribution in [-0.2, 0) is 11.2 Å². The molecule has 2 rings (SSSR count). The number of hydrogen-bond donors (Lipinski definition) is 2. The lowest BCUT2D eigenvalue weighted by Crippen LogP contribution is -2.36. The van der Waals surface area contributed by atoms with Crippen LogP contribution in [-0.4, -0.2) is 23.7 Å². The van der Waals surface area contributed by atoms with Gasteiger partial charge in [0.1, 0.15) is 11.5 Å². The van der Waals surface area contributed by atoms with Gasteiger partial charge in [0.2, 0.25) is 5.91 Å². The molecule has 3 atom stereocenters. The second-order valence-corrected chi connectivity index (χ2v) is 5.48. The lowest BCUT2D eigenvalue weighted by molar-refractivity contribution is -0.122. The number of carbonyl (C=O) groups excluding carboxylic acids is 1. The van der Waals surface area contributed by atoms with E-state index in [0.29, 0.717) is 18.8 Å². The molecule has 1 aromatic heterocycles. The highest BCUT2D eigenvalue weighted by atomic mass is 16.3. The predicted octanol–water partition coefficient (Wildman–Crippen LogP) is 2.22. The molecule has 0 saturated heterocycles. The summed E-state index contributed by atoms with van der Waals surface area (Å²) < 4.78 is 5.76. The van der Waals surface area contributed by atoms with Crippen LogP contribution in [0.25, 0.3) is 0 Å². The average Bonchev–Trinajstić information content (AvgIpc) is 2.96. The summed E-state index contributed by atoms with van der Waals surface area (Å²) in [6.07, 6.45) is 2.98. The summed E-state index contributed by atoms with van der Waals surface area (Å²) >= 11 is 0. The first kappa shape index (κ1) is 14.1. The van der Waals surface area contributed by atoms with Crippen LogP contribution in [0.3, 0.4) is 0 Å². The van der Waals surface area contributed by atoms with E-state index in [1.54, 1.807) is 0 Å². The molecule has 0 aliphatic heterocycles. The maximum Gasteiger partial charge on any atom is 0.220 e. The Morgan fingerprint density at radius 3 is 2.89 bits per heavy atom. The fourth-order valence-corrected chi connectivity index (χ4v) is 2.26. The van der Waals surface area contributed by atoms with Gasteiger partial charge in [0.05, 0.1) is 12.6 Å². The van der Waals surface area contributed by atoms with Crippen molar-refractivity contribution in [3.8, 4) is 0 Å². The zero-order valence-electron chi connectivity index (χ0n) is 11.7. The SMILES string of the molecule is CCC(CO)NC(=O)CCc1ccc(C2CC2C)o1. The fraction of sp³-hybridized carbons (Fsp3) is 0.667. The van der Waals surface area contributed by atoms with Gasteiger partial charge in [-0.3, -0.25) is 4.79 Å². The molecule has 1 aromatic rings. The normalized spacial score (nSPS) is 23.1. The van der Waals surface area contributed by atoms with Gasteiger partial charge in [-0.05, 0) is 30.9 Å². The molecule has 1 saturated carbocycles. The number of amides is 1. The molecule has 1 heterocycles. The molecule has 2 N–H and O–H groups in total. The number of rotatable bonds is 7. The Kier molecular flexibility index (Phi) is 4.64. The maximum atomic E-state index is 11.7. The van der Waals surface area contributed by atoms with Crippen molar-refractivity contribution in [3.05, 3.63) is 23.7 Å². The van der Waals surface area contributed by atoms with E-state index in [-0.39, 0.29) is 18.6 Å². The number of aliphatic hydroxyl groups excluding tert-OH is 1. The van der Waals surface area contributed by atoms with E-state index in [2.05, 4.69) is 12.2 Å². The Balaban J connectivity index is 1.75. The van der Waals surface area contributed by atoms with Crippen LogP contribution in [0.4, 0.5) is 0 Å². The molecule has 1 amide bonds. The Hall–Kier alpha value is -1.29. The minimum Gasteiger partial charge on any atom is -0.466 e. The van der Waals surface area contributed by atoms with Gasteiger partial charge in [-0.15, -0.1) is 0 Å². The molecular formula is C15H23NO3. The highest BCUT2D eigenvalue weighted by Crippen LogP contribution is 2.47. The van der Waals surface area contributed by atoms with Gasteiger partial charge >= 0.3 is 0 Å². The highest BCUT2D eigenvalue weighted by molar-refractivity contribution is 5.76. The molecule has 4 heteroatoms. The summed E-state index contributed by atoms with van der Waals surface area (Å²) in [4.78, 5) is 11.7.